The maximum Gasteiger partial charge on any atom is 0.128 e. The molecule has 2 aromatic rings. The fourth-order valence-electron chi connectivity index (χ4n) is 3.30. The van der Waals surface area contributed by atoms with Gasteiger partial charge in [-0.05, 0) is 23.3 Å². The molecule has 0 amide bonds. The molecular formula is C20H27ClN4O. The summed E-state index contributed by atoms with van der Waals surface area (Å²) in [6, 6.07) is 12.7. The zero-order chi connectivity index (χ0) is 18.4. The summed E-state index contributed by atoms with van der Waals surface area (Å²) < 4.78 is 5.13. The van der Waals surface area contributed by atoms with E-state index in [1.165, 1.54) is 11.1 Å². The molecule has 0 bridgehead atoms. The lowest BCUT2D eigenvalue weighted by Crippen LogP contribution is -2.45. The van der Waals surface area contributed by atoms with Crippen molar-refractivity contribution in [3.8, 4) is 0 Å². The second-order valence-corrected chi connectivity index (χ2v) is 7.06. The van der Waals surface area contributed by atoms with Crippen LogP contribution in [-0.2, 0) is 11.3 Å². The number of nitrogens with one attached hydrogen (secondary N) is 1. The first-order chi connectivity index (χ1) is 12.7. The molecule has 6 heteroatoms. The zero-order valence-corrected chi connectivity index (χ0v) is 16.2. The molecule has 0 radical (unpaired) electrons. The highest BCUT2D eigenvalue weighted by Crippen LogP contribution is 2.29. The van der Waals surface area contributed by atoms with Crippen LogP contribution < -0.4 is 10.2 Å². The van der Waals surface area contributed by atoms with E-state index in [-0.39, 0.29) is 6.04 Å². The van der Waals surface area contributed by atoms with Crippen molar-refractivity contribution >= 4 is 17.4 Å². The van der Waals surface area contributed by atoms with E-state index in [0.29, 0.717) is 6.61 Å². The molecule has 1 atom stereocenters. The van der Waals surface area contributed by atoms with E-state index in [2.05, 4.69) is 44.4 Å². The number of halogens is 1. The van der Waals surface area contributed by atoms with E-state index in [0.717, 1.165) is 43.6 Å². The molecule has 3 rings (SSSR count). The molecule has 0 spiro atoms. The summed E-state index contributed by atoms with van der Waals surface area (Å²) in [5.41, 5.74) is 2.40. The first-order valence-electron chi connectivity index (χ1n) is 9.03. The SMILES string of the molecule is COCCN(C)c1ccc(CN2CCNCC2c2ccccc2Cl)cn1. The number of methoxy groups -OCH3 is 1. The van der Waals surface area contributed by atoms with Crippen molar-refractivity contribution in [3.05, 3.63) is 58.7 Å². The molecule has 1 aromatic heterocycles. The standard InChI is InChI=1S/C20H27ClN4O/c1-24(11-12-26-2)20-8-7-16(13-23-20)15-25-10-9-22-14-19(25)17-5-3-4-6-18(17)21/h3-8,13,19,22H,9-12,14-15H2,1-2H3. The van der Waals surface area contributed by atoms with Gasteiger partial charge in [0.15, 0.2) is 0 Å². The lowest BCUT2D eigenvalue weighted by Gasteiger charge is -2.37. The van der Waals surface area contributed by atoms with Crippen LogP contribution in [0.5, 0.6) is 0 Å². The minimum absolute atomic E-state index is 0.279. The zero-order valence-electron chi connectivity index (χ0n) is 15.5. The summed E-state index contributed by atoms with van der Waals surface area (Å²) in [4.78, 5) is 9.19. The van der Waals surface area contributed by atoms with Crippen molar-refractivity contribution in [2.45, 2.75) is 12.6 Å². The number of aromatic nitrogens is 1. The molecule has 140 valence electrons. The molecule has 1 N–H and O–H groups in total. The first-order valence-corrected chi connectivity index (χ1v) is 9.41. The van der Waals surface area contributed by atoms with E-state index < -0.39 is 0 Å². The second-order valence-electron chi connectivity index (χ2n) is 6.65. The van der Waals surface area contributed by atoms with Crippen LogP contribution in [0.4, 0.5) is 5.82 Å². The Morgan fingerprint density at radius 2 is 2.15 bits per heavy atom. The third-order valence-electron chi connectivity index (χ3n) is 4.84. The van der Waals surface area contributed by atoms with Gasteiger partial charge >= 0.3 is 0 Å². The van der Waals surface area contributed by atoms with E-state index in [9.17, 15) is 0 Å². The van der Waals surface area contributed by atoms with Crippen LogP contribution in [0, 0.1) is 0 Å². The highest BCUT2D eigenvalue weighted by molar-refractivity contribution is 6.31. The summed E-state index contributed by atoms with van der Waals surface area (Å²) in [6.45, 7) is 5.29. The minimum Gasteiger partial charge on any atom is -0.383 e. The molecule has 2 heterocycles. The largest absolute Gasteiger partial charge is 0.383 e. The molecule has 1 aliphatic rings. The van der Waals surface area contributed by atoms with Gasteiger partial charge in [-0.2, -0.15) is 0 Å². The Balaban J connectivity index is 1.69. The molecule has 1 aliphatic heterocycles. The topological polar surface area (TPSA) is 40.6 Å². The van der Waals surface area contributed by atoms with Crippen LogP contribution in [0.25, 0.3) is 0 Å². The van der Waals surface area contributed by atoms with E-state index >= 15 is 0 Å². The third kappa shape index (κ3) is 4.74. The van der Waals surface area contributed by atoms with E-state index in [1.807, 2.05) is 25.4 Å². The Morgan fingerprint density at radius 1 is 1.31 bits per heavy atom. The predicted molar refractivity (Wildman–Crippen MR) is 107 cm³/mol. The number of nitrogens with zero attached hydrogens (tertiary/aromatic N) is 3. The van der Waals surface area contributed by atoms with E-state index in [4.69, 9.17) is 16.3 Å². The number of rotatable bonds is 7. The van der Waals surface area contributed by atoms with Gasteiger partial charge in [-0.1, -0.05) is 35.9 Å². The average molecular weight is 375 g/mol. The van der Waals surface area contributed by atoms with Gasteiger partial charge in [-0.25, -0.2) is 4.98 Å². The molecule has 26 heavy (non-hydrogen) atoms. The van der Waals surface area contributed by atoms with Gasteiger partial charge in [-0.3, -0.25) is 4.90 Å². The van der Waals surface area contributed by atoms with Gasteiger partial charge in [0.05, 0.1) is 6.61 Å². The summed E-state index contributed by atoms with van der Waals surface area (Å²) >= 11 is 6.44. The molecule has 1 aromatic carbocycles. The van der Waals surface area contributed by atoms with Crippen LogP contribution in [0.2, 0.25) is 5.02 Å². The normalized spacial score (nSPS) is 18.0. The van der Waals surface area contributed by atoms with Gasteiger partial charge in [0.25, 0.3) is 0 Å². The molecule has 0 saturated carbocycles. The summed E-state index contributed by atoms with van der Waals surface area (Å²) in [5, 5.41) is 4.32. The molecule has 1 saturated heterocycles. The fraction of sp³-hybridized carbons (Fsp3) is 0.450. The number of anilines is 1. The molecular weight excluding hydrogens is 348 g/mol. The van der Waals surface area contributed by atoms with Crippen LogP contribution in [0.1, 0.15) is 17.2 Å². The second kappa shape index (κ2) is 9.33. The van der Waals surface area contributed by atoms with Gasteiger partial charge in [-0.15, -0.1) is 0 Å². The number of pyridine rings is 1. The van der Waals surface area contributed by atoms with Gasteiger partial charge in [0.1, 0.15) is 5.82 Å². The average Bonchev–Trinajstić information content (AvgIpc) is 2.68. The number of benzene rings is 1. The highest BCUT2D eigenvalue weighted by atomic mass is 35.5. The molecule has 0 aliphatic carbocycles. The first kappa shape index (κ1) is 19.1. The summed E-state index contributed by atoms with van der Waals surface area (Å²) in [7, 11) is 3.75. The monoisotopic (exact) mass is 374 g/mol. The number of hydrogen-bond acceptors (Lipinski definition) is 5. The maximum atomic E-state index is 6.44. The number of piperazine rings is 1. The van der Waals surface area contributed by atoms with Crippen molar-refractivity contribution < 1.29 is 4.74 Å². The number of hydrogen-bond donors (Lipinski definition) is 1. The van der Waals surface area contributed by atoms with Gasteiger partial charge < -0.3 is 15.0 Å². The van der Waals surface area contributed by atoms with Gasteiger partial charge in [0.2, 0.25) is 0 Å². The van der Waals surface area contributed by atoms with Crippen molar-refractivity contribution in [2.24, 2.45) is 0 Å². The van der Waals surface area contributed by atoms with Crippen molar-refractivity contribution in [1.82, 2.24) is 15.2 Å². The lowest BCUT2D eigenvalue weighted by molar-refractivity contribution is 0.153. The van der Waals surface area contributed by atoms with Crippen LogP contribution >= 0.6 is 11.6 Å². The lowest BCUT2D eigenvalue weighted by atomic mass is 10.0. The Labute approximate surface area is 160 Å². The predicted octanol–water partition coefficient (Wildman–Crippen LogP) is 2.96. The quantitative estimate of drug-likeness (QED) is 0.806. The number of ether oxygens (including phenoxy) is 1. The van der Waals surface area contributed by atoms with Gasteiger partial charge in [0, 0.05) is 64.1 Å². The highest BCUT2D eigenvalue weighted by Gasteiger charge is 2.25. The van der Waals surface area contributed by atoms with Crippen LogP contribution in [0.15, 0.2) is 42.6 Å². The smallest absolute Gasteiger partial charge is 0.128 e. The van der Waals surface area contributed by atoms with Crippen LogP contribution in [0.3, 0.4) is 0 Å². The molecule has 1 unspecified atom stereocenters. The molecule has 5 nitrogen and oxygen atoms in total. The Bertz CT molecular complexity index is 694. The third-order valence-corrected chi connectivity index (χ3v) is 5.18. The van der Waals surface area contributed by atoms with Crippen molar-refractivity contribution in [3.63, 3.8) is 0 Å². The maximum absolute atomic E-state index is 6.44. The Kier molecular flexibility index (Phi) is 6.86. The van der Waals surface area contributed by atoms with Crippen molar-refractivity contribution in [2.75, 3.05) is 51.8 Å². The summed E-state index contributed by atoms with van der Waals surface area (Å²) in [6.07, 6.45) is 1.98. The fourth-order valence-corrected chi connectivity index (χ4v) is 3.56. The van der Waals surface area contributed by atoms with E-state index in [1.54, 1.807) is 7.11 Å². The van der Waals surface area contributed by atoms with Crippen LogP contribution in [-0.4, -0.2) is 56.8 Å². The minimum atomic E-state index is 0.279. The molecule has 1 fully saturated rings. The summed E-state index contributed by atoms with van der Waals surface area (Å²) in [5.74, 6) is 0.966. The van der Waals surface area contributed by atoms with Crippen molar-refractivity contribution in [1.29, 1.82) is 0 Å². The number of likely N-dealkylation sites (N-methyl/N-ethyl adjacent to an activating group) is 1. The Morgan fingerprint density at radius 3 is 2.88 bits per heavy atom. The Hall–Kier alpha value is -1.66.